The number of hydrogen-bond acceptors (Lipinski definition) is 3. The predicted octanol–water partition coefficient (Wildman–Crippen LogP) is 5.33. The highest BCUT2D eigenvalue weighted by molar-refractivity contribution is 9.10. The van der Waals surface area contributed by atoms with Crippen LogP contribution in [-0.4, -0.2) is 19.4 Å². The summed E-state index contributed by atoms with van der Waals surface area (Å²) in [5.41, 5.74) is 3.52. The molecule has 3 aromatic carbocycles. The Balaban J connectivity index is 2.12. The van der Waals surface area contributed by atoms with Crippen molar-refractivity contribution in [3.8, 4) is 5.75 Å². The average molecular weight is 473 g/mol. The van der Waals surface area contributed by atoms with E-state index in [4.69, 9.17) is 0 Å². The Morgan fingerprint density at radius 1 is 1.00 bits per heavy atom. The molecule has 150 valence electrons. The second-order valence-electron chi connectivity index (χ2n) is 6.75. The summed E-state index contributed by atoms with van der Waals surface area (Å²) in [6.07, 6.45) is 0. The lowest BCUT2D eigenvalue weighted by molar-refractivity contribution is 0.466. The lowest BCUT2D eigenvalue weighted by atomic mass is 10.1. The average Bonchev–Trinajstić information content (AvgIpc) is 2.70. The highest BCUT2D eigenvalue weighted by Gasteiger charge is 2.18. The maximum atomic E-state index is 12.9. The fourth-order valence-electron chi connectivity index (χ4n) is 2.80. The van der Waals surface area contributed by atoms with Crippen LogP contribution in [0.3, 0.4) is 0 Å². The molecule has 0 radical (unpaired) electrons. The largest absolute Gasteiger partial charge is 0.507 e. The zero-order valence-electron chi connectivity index (χ0n) is 16.3. The Kier molecular flexibility index (Phi) is 6.10. The molecule has 0 saturated carbocycles. The number of anilines is 1. The summed E-state index contributed by atoms with van der Waals surface area (Å²) in [7, 11) is -3.92. The quantitative estimate of drug-likeness (QED) is 0.305. The van der Waals surface area contributed by atoms with E-state index in [2.05, 4.69) is 25.6 Å². The number of aromatic hydroxyl groups is 1. The van der Waals surface area contributed by atoms with Crippen LogP contribution in [0.5, 0.6) is 5.75 Å². The molecule has 0 atom stereocenters. The SMILES string of the molecule is Cc1ccc(S(=O)(=O)N=C(Nc2cc(C)c(O)c(C)c2Br)c2ccccc2)cc1. The molecule has 0 aromatic heterocycles. The first-order chi connectivity index (χ1) is 13.7. The van der Waals surface area contributed by atoms with Gasteiger partial charge in [-0.1, -0.05) is 48.0 Å². The van der Waals surface area contributed by atoms with Crippen molar-refractivity contribution in [1.29, 1.82) is 0 Å². The first kappa shape index (κ1) is 21.1. The number of amidine groups is 1. The van der Waals surface area contributed by atoms with Gasteiger partial charge in [0.05, 0.1) is 10.6 Å². The summed E-state index contributed by atoms with van der Waals surface area (Å²) in [5, 5.41) is 13.3. The van der Waals surface area contributed by atoms with E-state index in [0.717, 1.165) is 5.56 Å². The van der Waals surface area contributed by atoms with E-state index in [1.165, 1.54) is 0 Å². The summed E-state index contributed by atoms with van der Waals surface area (Å²) in [6, 6.07) is 17.3. The van der Waals surface area contributed by atoms with Crippen LogP contribution < -0.4 is 5.32 Å². The van der Waals surface area contributed by atoms with E-state index in [0.29, 0.717) is 26.9 Å². The van der Waals surface area contributed by atoms with Crippen LogP contribution in [-0.2, 0) is 10.0 Å². The lowest BCUT2D eigenvalue weighted by Gasteiger charge is -2.15. The molecule has 3 aromatic rings. The zero-order valence-corrected chi connectivity index (χ0v) is 18.7. The smallest absolute Gasteiger partial charge is 0.284 e. The molecule has 0 bridgehead atoms. The van der Waals surface area contributed by atoms with E-state index in [1.54, 1.807) is 56.3 Å². The number of benzene rings is 3. The normalized spacial score (nSPS) is 12.1. The van der Waals surface area contributed by atoms with Gasteiger partial charge < -0.3 is 10.4 Å². The molecule has 0 aliphatic carbocycles. The minimum atomic E-state index is -3.92. The maximum absolute atomic E-state index is 12.9. The summed E-state index contributed by atoms with van der Waals surface area (Å²) < 4.78 is 30.5. The van der Waals surface area contributed by atoms with Crippen molar-refractivity contribution in [3.05, 3.63) is 87.4 Å². The van der Waals surface area contributed by atoms with Crippen LogP contribution in [0.4, 0.5) is 5.69 Å². The highest BCUT2D eigenvalue weighted by atomic mass is 79.9. The third kappa shape index (κ3) is 4.68. The van der Waals surface area contributed by atoms with Gasteiger partial charge >= 0.3 is 0 Å². The molecule has 3 rings (SSSR count). The number of phenolic OH excluding ortho intramolecular Hbond substituents is 1. The van der Waals surface area contributed by atoms with Gasteiger partial charge in [0.2, 0.25) is 0 Å². The van der Waals surface area contributed by atoms with E-state index < -0.39 is 10.0 Å². The number of rotatable bonds is 4. The van der Waals surface area contributed by atoms with Crippen molar-refractivity contribution in [3.63, 3.8) is 0 Å². The van der Waals surface area contributed by atoms with Crippen LogP contribution >= 0.6 is 15.9 Å². The van der Waals surface area contributed by atoms with E-state index >= 15 is 0 Å². The number of phenols is 1. The molecule has 0 fully saturated rings. The van der Waals surface area contributed by atoms with E-state index in [1.807, 2.05) is 25.1 Å². The van der Waals surface area contributed by atoms with Crippen molar-refractivity contribution in [2.75, 3.05) is 5.32 Å². The monoisotopic (exact) mass is 472 g/mol. The van der Waals surface area contributed by atoms with Crippen LogP contribution in [0, 0.1) is 20.8 Å². The van der Waals surface area contributed by atoms with E-state index in [-0.39, 0.29) is 16.5 Å². The van der Waals surface area contributed by atoms with Gasteiger partial charge in [0, 0.05) is 15.6 Å². The molecule has 0 amide bonds. The number of nitrogens with one attached hydrogen (secondary N) is 1. The Labute approximate surface area is 179 Å². The minimum absolute atomic E-state index is 0.121. The Hall–Kier alpha value is -2.64. The standard InChI is InChI=1S/C22H21BrN2O3S/c1-14-9-11-18(12-10-14)29(27,28)25-22(17-7-5-4-6-8-17)24-19-13-15(2)21(26)16(3)20(19)23/h4-13,26H,1-3H3,(H,24,25). The molecule has 29 heavy (non-hydrogen) atoms. The minimum Gasteiger partial charge on any atom is -0.507 e. The van der Waals surface area contributed by atoms with Crippen molar-refractivity contribution >= 4 is 37.5 Å². The molecule has 0 unspecified atom stereocenters. The number of aryl methyl sites for hydroxylation is 2. The van der Waals surface area contributed by atoms with Crippen LogP contribution in [0.1, 0.15) is 22.3 Å². The van der Waals surface area contributed by atoms with Gasteiger partial charge in [0.1, 0.15) is 5.75 Å². The van der Waals surface area contributed by atoms with Gasteiger partial charge in [-0.3, -0.25) is 0 Å². The highest BCUT2D eigenvalue weighted by Crippen LogP contribution is 2.35. The van der Waals surface area contributed by atoms with Crippen LogP contribution in [0.25, 0.3) is 0 Å². The zero-order chi connectivity index (χ0) is 21.2. The summed E-state index contributed by atoms with van der Waals surface area (Å²) in [5.74, 6) is 0.379. The van der Waals surface area contributed by atoms with Crippen LogP contribution in [0.15, 0.2) is 74.4 Å². The summed E-state index contributed by atoms with van der Waals surface area (Å²) in [4.78, 5) is 0.121. The van der Waals surface area contributed by atoms with Crippen molar-refractivity contribution < 1.29 is 13.5 Å². The van der Waals surface area contributed by atoms with Crippen molar-refractivity contribution in [2.45, 2.75) is 25.7 Å². The van der Waals surface area contributed by atoms with Crippen molar-refractivity contribution in [2.24, 2.45) is 4.40 Å². The third-order valence-electron chi connectivity index (χ3n) is 4.49. The number of nitrogens with zero attached hydrogens (tertiary/aromatic N) is 1. The van der Waals surface area contributed by atoms with Crippen LogP contribution in [0.2, 0.25) is 0 Å². The molecule has 0 heterocycles. The van der Waals surface area contributed by atoms with Crippen molar-refractivity contribution in [1.82, 2.24) is 0 Å². The fourth-order valence-corrected chi connectivity index (χ4v) is 4.17. The topological polar surface area (TPSA) is 78.8 Å². The molecular formula is C22H21BrN2O3S. The molecule has 0 aliphatic heterocycles. The first-order valence-corrected chi connectivity index (χ1v) is 11.1. The molecule has 7 heteroatoms. The fraction of sp³-hybridized carbons (Fsp3) is 0.136. The molecule has 2 N–H and O–H groups in total. The first-order valence-electron chi connectivity index (χ1n) is 8.92. The number of sulfonamides is 1. The molecule has 0 aliphatic rings. The number of hydrogen-bond donors (Lipinski definition) is 2. The Morgan fingerprint density at radius 2 is 1.62 bits per heavy atom. The van der Waals surface area contributed by atoms with E-state index in [9.17, 15) is 13.5 Å². The van der Waals surface area contributed by atoms with Gasteiger partial charge in [-0.15, -0.1) is 4.40 Å². The molecular weight excluding hydrogens is 452 g/mol. The summed E-state index contributed by atoms with van der Waals surface area (Å²) in [6.45, 7) is 5.45. The second kappa shape index (κ2) is 8.39. The third-order valence-corrected chi connectivity index (χ3v) is 6.80. The van der Waals surface area contributed by atoms with Gasteiger partial charge in [-0.25, -0.2) is 0 Å². The Morgan fingerprint density at radius 3 is 2.24 bits per heavy atom. The van der Waals surface area contributed by atoms with Gasteiger partial charge in [-0.05, 0) is 60.5 Å². The molecule has 5 nitrogen and oxygen atoms in total. The second-order valence-corrected chi connectivity index (χ2v) is 9.14. The number of halogens is 1. The van der Waals surface area contributed by atoms with Gasteiger partial charge in [0.25, 0.3) is 10.0 Å². The maximum Gasteiger partial charge on any atom is 0.284 e. The lowest BCUT2D eigenvalue weighted by Crippen LogP contribution is -2.17. The molecule has 0 spiro atoms. The summed E-state index contributed by atoms with van der Waals surface area (Å²) >= 11 is 3.47. The molecule has 0 saturated heterocycles. The van der Waals surface area contributed by atoms with Gasteiger partial charge in [0.15, 0.2) is 5.84 Å². The predicted molar refractivity (Wildman–Crippen MR) is 120 cm³/mol. The van der Waals surface area contributed by atoms with Gasteiger partial charge in [-0.2, -0.15) is 8.42 Å². The Bertz CT molecular complexity index is 1170.